The van der Waals surface area contributed by atoms with Crippen LogP contribution < -0.4 is 10.6 Å². The normalized spacial score (nSPS) is 18.1. The molecule has 6 nitrogen and oxygen atoms in total. The number of rotatable bonds is 7. The summed E-state index contributed by atoms with van der Waals surface area (Å²) in [7, 11) is 0. The lowest BCUT2D eigenvalue weighted by Gasteiger charge is -2.12. The minimum absolute atomic E-state index is 0.0386. The molecule has 0 saturated carbocycles. The smallest absolute Gasteiger partial charge is 0.237 e. The average Bonchev–Trinajstić information content (AvgIpc) is 3.26. The molecule has 0 aliphatic carbocycles. The van der Waals surface area contributed by atoms with Gasteiger partial charge in [0, 0.05) is 18.8 Å². The minimum Gasteiger partial charge on any atom is -0.376 e. The van der Waals surface area contributed by atoms with Crippen LogP contribution in [0.1, 0.15) is 25.3 Å². The first-order valence-corrected chi connectivity index (χ1v) is 10.0. The lowest BCUT2D eigenvalue weighted by molar-refractivity contribution is -0.115. The fourth-order valence-corrected chi connectivity index (χ4v) is 4.39. The maximum absolute atomic E-state index is 12.4. The molecule has 1 aromatic carbocycles. The van der Waals surface area contributed by atoms with Gasteiger partial charge >= 0.3 is 0 Å². The van der Waals surface area contributed by atoms with E-state index in [2.05, 4.69) is 20.8 Å². The van der Waals surface area contributed by atoms with Crippen LogP contribution in [0.5, 0.6) is 0 Å². The van der Waals surface area contributed by atoms with E-state index < -0.39 is 0 Å². The van der Waals surface area contributed by atoms with Gasteiger partial charge in [-0.05, 0) is 38.3 Å². The number of ether oxygens (including phenoxy) is 1. The zero-order chi connectivity index (χ0) is 17.6. The molecule has 1 aliphatic rings. The number of carbonyl (C=O) groups is 1. The number of carbonyl (C=O) groups excluding carboxylic acids is 1. The zero-order valence-electron chi connectivity index (χ0n) is 14.3. The molecule has 1 fully saturated rings. The number of nitrogens with one attached hydrogen (secondary N) is 2. The van der Waals surface area contributed by atoms with E-state index in [9.17, 15) is 4.79 Å². The highest BCUT2D eigenvalue weighted by Crippen LogP contribution is 2.30. The van der Waals surface area contributed by atoms with Gasteiger partial charge in [-0.3, -0.25) is 4.79 Å². The van der Waals surface area contributed by atoms with Gasteiger partial charge in [0.05, 0.1) is 11.4 Å². The van der Waals surface area contributed by atoms with Gasteiger partial charge < -0.3 is 15.4 Å². The Morgan fingerprint density at radius 2 is 2.28 bits per heavy atom. The van der Waals surface area contributed by atoms with Gasteiger partial charge in [-0.2, -0.15) is 0 Å². The molecule has 1 saturated heterocycles. The molecular weight excluding hydrogens is 356 g/mol. The standard InChI is InChI=1S/C17H22N4O2S2/c1-11-6-3-4-8-14(11)19-15(22)12(2)24-17-21-20-16(25-17)18-10-13-7-5-9-23-13/h3-4,6,8,12-13H,5,7,9-10H2,1-2H3,(H,18,20)(H,19,22). The van der Waals surface area contributed by atoms with Crippen molar-refractivity contribution in [3.8, 4) is 0 Å². The van der Waals surface area contributed by atoms with E-state index in [1.54, 1.807) is 0 Å². The molecule has 1 amide bonds. The molecule has 1 aliphatic heterocycles. The van der Waals surface area contributed by atoms with E-state index >= 15 is 0 Å². The van der Waals surface area contributed by atoms with Crippen molar-refractivity contribution in [3.05, 3.63) is 29.8 Å². The predicted octanol–water partition coefficient (Wildman–Crippen LogP) is 3.56. The van der Waals surface area contributed by atoms with Gasteiger partial charge in [0.2, 0.25) is 11.0 Å². The second-order valence-electron chi connectivity index (χ2n) is 5.95. The molecule has 134 valence electrons. The highest BCUT2D eigenvalue weighted by molar-refractivity contribution is 8.02. The van der Waals surface area contributed by atoms with Crippen molar-refractivity contribution in [2.24, 2.45) is 0 Å². The fraction of sp³-hybridized carbons (Fsp3) is 0.471. The maximum atomic E-state index is 12.4. The van der Waals surface area contributed by atoms with Gasteiger partial charge in [0.15, 0.2) is 4.34 Å². The van der Waals surface area contributed by atoms with Crippen molar-refractivity contribution in [1.29, 1.82) is 0 Å². The first-order valence-electron chi connectivity index (χ1n) is 8.34. The van der Waals surface area contributed by atoms with Gasteiger partial charge in [0.1, 0.15) is 0 Å². The number of hydrogen-bond donors (Lipinski definition) is 2. The number of nitrogens with zero attached hydrogens (tertiary/aromatic N) is 2. The number of thioether (sulfide) groups is 1. The molecule has 2 atom stereocenters. The third-order valence-corrected chi connectivity index (χ3v) is 6.03. The van der Waals surface area contributed by atoms with Crippen molar-refractivity contribution in [3.63, 3.8) is 0 Å². The summed E-state index contributed by atoms with van der Waals surface area (Å²) in [5, 5.41) is 15.0. The lowest BCUT2D eigenvalue weighted by atomic mass is 10.2. The predicted molar refractivity (Wildman–Crippen MR) is 103 cm³/mol. The van der Waals surface area contributed by atoms with Crippen LogP contribution in [-0.2, 0) is 9.53 Å². The van der Waals surface area contributed by atoms with Crippen LogP contribution in [0.4, 0.5) is 10.8 Å². The first kappa shape index (κ1) is 18.2. The lowest BCUT2D eigenvalue weighted by Crippen LogP contribution is -2.22. The summed E-state index contributed by atoms with van der Waals surface area (Å²) in [5.74, 6) is -0.0386. The molecule has 0 radical (unpaired) electrons. The Morgan fingerprint density at radius 3 is 3.04 bits per heavy atom. The van der Waals surface area contributed by atoms with Gasteiger partial charge in [-0.25, -0.2) is 0 Å². The monoisotopic (exact) mass is 378 g/mol. The van der Waals surface area contributed by atoms with Crippen LogP contribution in [0.2, 0.25) is 0 Å². The Labute approximate surface area is 155 Å². The number of anilines is 2. The van der Waals surface area contributed by atoms with Crippen molar-refractivity contribution in [2.75, 3.05) is 23.8 Å². The maximum Gasteiger partial charge on any atom is 0.237 e. The summed E-state index contributed by atoms with van der Waals surface area (Å²) >= 11 is 2.88. The zero-order valence-corrected chi connectivity index (χ0v) is 16.0. The number of aromatic nitrogens is 2. The third-order valence-electron chi connectivity index (χ3n) is 3.96. The fourth-order valence-electron chi connectivity index (χ4n) is 2.49. The molecule has 2 unspecified atom stereocenters. The van der Waals surface area contributed by atoms with Gasteiger partial charge in [-0.15, -0.1) is 10.2 Å². The Kier molecular flexibility index (Phi) is 6.28. The topological polar surface area (TPSA) is 76.1 Å². The van der Waals surface area contributed by atoms with Crippen molar-refractivity contribution >= 4 is 39.8 Å². The Bertz CT molecular complexity index is 716. The van der Waals surface area contributed by atoms with E-state index in [0.29, 0.717) is 0 Å². The SMILES string of the molecule is Cc1ccccc1NC(=O)C(C)Sc1nnc(NCC2CCCO2)s1. The van der Waals surface area contributed by atoms with Crippen LogP contribution in [0.25, 0.3) is 0 Å². The van der Waals surface area contributed by atoms with Crippen molar-refractivity contribution in [2.45, 2.75) is 42.4 Å². The largest absolute Gasteiger partial charge is 0.376 e. The molecule has 2 aromatic rings. The first-order chi connectivity index (χ1) is 12.1. The minimum atomic E-state index is -0.251. The summed E-state index contributed by atoms with van der Waals surface area (Å²) in [4.78, 5) is 12.4. The molecule has 2 heterocycles. The molecule has 0 bridgehead atoms. The average molecular weight is 379 g/mol. The van der Waals surface area contributed by atoms with Crippen LogP contribution in [-0.4, -0.2) is 40.6 Å². The number of benzene rings is 1. The number of para-hydroxylation sites is 1. The summed E-state index contributed by atoms with van der Waals surface area (Å²) < 4.78 is 6.36. The highest BCUT2D eigenvalue weighted by atomic mass is 32.2. The summed E-state index contributed by atoms with van der Waals surface area (Å²) in [6.07, 6.45) is 2.47. The van der Waals surface area contributed by atoms with E-state index in [1.165, 1.54) is 23.1 Å². The molecular formula is C17H22N4O2S2. The van der Waals surface area contributed by atoms with Crippen LogP contribution >= 0.6 is 23.1 Å². The molecule has 3 rings (SSSR count). The Hall–Kier alpha value is -1.64. The molecule has 0 spiro atoms. The molecule has 2 N–H and O–H groups in total. The van der Waals surface area contributed by atoms with E-state index in [-0.39, 0.29) is 17.3 Å². The summed E-state index contributed by atoms with van der Waals surface area (Å²) in [6, 6.07) is 7.75. The quantitative estimate of drug-likeness (QED) is 0.718. The van der Waals surface area contributed by atoms with Crippen LogP contribution in [0.15, 0.2) is 28.6 Å². The number of amides is 1. The second-order valence-corrected chi connectivity index (χ2v) is 8.52. The van der Waals surface area contributed by atoms with Gasteiger partial charge in [0.25, 0.3) is 0 Å². The van der Waals surface area contributed by atoms with Crippen LogP contribution in [0.3, 0.4) is 0 Å². The highest BCUT2D eigenvalue weighted by Gasteiger charge is 2.19. The summed E-state index contributed by atoms with van der Waals surface area (Å²) in [5.41, 5.74) is 1.89. The number of aryl methyl sites for hydroxylation is 1. The van der Waals surface area contributed by atoms with E-state index in [0.717, 1.165) is 46.7 Å². The Balaban J connectivity index is 1.49. The number of hydrogen-bond acceptors (Lipinski definition) is 7. The van der Waals surface area contributed by atoms with Crippen LogP contribution in [0, 0.1) is 6.92 Å². The second kappa shape index (κ2) is 8.64. The van der Waals surface area contributed by atoms with Gasteiger partial charge in [-0.1, -0.05) is 41.3 Å². The summed E-state index contributed by atoms with van der Waals surface area (Å²) in [6.45, 7) is 5.45. The Morgan fingerprint density at radius 1 is 1.44 bits per heavy atom. The molecule has 8 heteroatoms. The molecule has 25 heavy (non-hydrogen) atoms. The van der Waals surface area contributed by atoms with E-state index in [4.69, 9.17) is 4.74 Å². The van der Waals surface area contributed by atoms with E-state index in [1.807, 2.05) is 38.1 Å². The van der Waals surface area contributed by atoms with Crippen molar-refractivity contribution < 1.29 is 9.53 Å². The third kappa shape index (κ3) is 5.17. The van der Waals surface area contributed by atoms with Crippen molar-refractivity contribution in [1.82, 2.24) is 10.2 Å². The molecule has 1 aromatic heterocycles.